The number of nitrogens with zero attached hydrogens (tertiary/aromatic N) is 3. The number of benzene rings is 2. The van der Waals surface area contributed by atoms with Crippen molar-refractivity contribution >= 4 is 41.1 Å². The zero-order chi connectivity index (χ0) is 29.0. The molecule has 210 valence electrons. The van der Waals surface area contributed by atoms with Crippen LogP contribution in [0.1, 0.15) is 50.2 Å². The molecule has 2 amide bonds. The van der Waals surface area contributed by atoms with E-state index >= 15 is 4.39 Å². The van der Waals surface area contributed by atoms with Gasteiger partial charge in [-0.05, 0) is 39.3 Å². The molecule has 1 aromatic heterocycles. The number of halogens is 2. The summed E-state index contributed by atoms with van der Waals surface area (Å²) in [5.41, 5.74) is 4.89. The number of para-hydroxylation sites is 1. The first-order valence-corrected chi connectivity index (χ1v) is 13.1. The van der Waals surface area contributed by atoms with Crippen molar-refractivity contribution in [3.63, 3.8) is 0 Å². The Morgan fingerprint density at radius 1 is 1.07 bits per heavy atom. The maximum absolute atomic E-state index is 15.6. The fourth-order valence-electron chi connectivity index (χ4n) is 5.21. The van der Waals surface area contributed by atoms with Gasteiger partial charge in [0.1, 0.15) is 18.5 Å². The van der Waals surface area contributed by atoms with Gasteiger partial charge in [-0.25, -0.2) is 8.78 Å². The molecule has 2 saturated heterocycles. The predicted molar refractivity (Wildman–Crippen MR) is 144 cm³/mol. The summed E-state index contributed by atoms with van der Waals surface area (Å²) in [5.74, 6) is -2.41. The maximum atomic E-state index is 15.6. The van der Waals surface area contributed by atoms with Gasteiger partial charge in [-0.1, -0.05) is 36.4 Å². The van der Waals surface area contributed by atoms with Gasteiger partial charge in [0.15, 0.2) is 11.5 Å². The van der Waals surface area contributed by atoms with Crippen molar-refractivity contribution in [2.24, 2.45) is 5.73 Å². The topological polar surface area (TPSA) is 117 Å². The van der Waals surface area contributed by atoms with Crippen LogP contribution >= 0.6 is 0 Å². The molecule has 2 fully saturated rings. The van der Waals surface area contributed by atoms with E-state index in [-0.39, 0.29) is 42.7 Å². The third kappa shape index (κ3) is 4.90. The molecule has 5 rings (SSSR count). The zero-order valence-corrected chi connectivity index (χ0v) is 22.8. The molecule has 2 aliphatic heterocycles. The standard InChI is InChI=1S/C28H31BF2N4O5/c1-27(2)28(3,4)40-29(39-27)19-10-7-8-16(24(19)31)12-22(36)21-13-17(30)14-34(21)23(37)15-35-20-11-6-5-9-18(20)25(33-35)26(32)38/h5-11,17,21H,12-15H2,1-4H3,(H2,32,38)/t17-,21+/m1/s1. The van der Waals surface area contributed by atoms with E-state index in [9.17, 15) is 18.8 Å². The lowest BCUT2D eigenvalue weighted by molar-refractivity contribution is -0.138. The number of carbonyl (C=O) groups excluding carboxylic acids is 3. The second-order valence-electron chi connectivity index (χ2n) is 11.3. The molecule has 0 unspecified atom stereocenters. The van der Waals surface area contributed by atoms with Gasteiger partial charge < -0.3 is 19.9 Å². The molecule has 3 aromatic rings. The molecule has 2 atom stereocenters. The molecule has 0 saturated carbocycles. The Hall–Kier alpha value is -3.64. The average molecular weight is 552 g/mol. The summed E-state index contributed by atoms with van der Waals surface area (Å²) in [6, 6.07) is 10.4. The largest absolute Gasteiger partial charge is 0.497 e. The van der Waals surface area contributed by atoms with Gasteiger partial charge in [0.2, 0.25) is 5.91 Å². The quantitative estimate of drug-likeness (QED) is 0.450. The van der Waals surface area contributed by atoms with Crippen LogP contribution in [0, 0.1) is 5.82 Å². The Balaban J connectivity index is 1.34. The van der Waals surface area contributed by atoms with Gasteiger partial charge >= 0.3 is 7.12 Å². The van der Waals surface area contributed by atoms with E-state index in [2.05, 4.69) is 5.10 Å². The number of rotatable bonds is 7. The van der Waals surface area contributed by atoms with Gasteiger partial charge in [-0.15, -0.1) is 0 Å². The second kappa shape index (κ2) is 10.1. The molecule has 0 bridgehead atoms. The molecule has 9 nitrogen and oxygen atoms in total. The monoisotopic (exact) mass is 552 g/mol. The third-order valence-corrected chi connectivity index (χ3v) is 8.10. The van der Waals surface area contributed by atoms with Crippen LogP contribution < -0.4 is 11.2 Å². The number of aromatic nitrogens is 2. The number of fused-ring (bicyclic) bond motifs is 1. The van der Waals surface area contributed by atoms with E-state index in [1.807, 2.05) is 27.7 Å². The summed E-state index contributed by atoms with van der Waals surface area (Å²) in [4.78, 5) is 39.6. The molecular formula is C28H31BF2N4O5. The normalized spacial score (nSPS) is 21.8. The molecule has 0 spiro atoms. The van der Waals surface area contributed by atoms with Crippen LogP contribution in [0.4, 0.5) is 8.78 Å². The van der Waals surface area contributed by atoms with Crippen LogP contribution in [0.25, 0.3) is 10.9 Å². The van der Waals surface area contributed by atoms with Crippen LogP contribution in [0.15, 0.2) is 42.5 Å². The van der Waals surface area contributed by atoms with Gasteiger partial charge in [0.05, 0.1) is 29.3 Å². The van der Waals surface area contributed by atoms with E-state index in [1.54, 1.807) is 36.4 Å². The van der Waals surface area contributed by atoms with Crippen molar-refractivity contribution in [2.75, 3.05) is 6.54 Å². The first-order valence-electron chi connectivity index (χ1n) is 13.1. The number of amides is 2. The van der Waals surface area contributed by atoms with Crippen LogP contribution in [0.2, 0.25) is 0 Å². The zero-order valence-electron chi connectivity index (χ0n) is 22.8. The summed E-state index contributed by atoms with van der Waals surface area (Å²) in [6.07, 6.45) is -1.93. The van der Waals surface area contributed by atoms with Crippen LogP contribution in [-0.4, -0.2) is 69.4 Å². The number of alkyl halides is 1. The highest BCUT2D eigenvalue weighted by molar-refractivity contribution is 6.62. The van der Waals surface area contributed by atoms with Crippen LogP contribution in [-0.2, 0) is 31.9 Å². The summed E-state index contributed by atoms with van der Waals surface area (Å²) in [5, 5.41) is 4.66. The lowest BCUT2D eigenvalue weighted by atomic mass is 9.77. The van der Waals surface area contributed by atoms with Gasteiger partial charge in [0.25, 0.3) is 5.91 Å². The summed E-state index contributed by atoms with van der Waals surface area (Å²) >= 11 is 0. The van der Waals surface area contributed by atoms with Crippen molar-refractivity contribution in [2.45, 2.75) is 70.5 Å². The SMILES string of the molecule is CC1(C)OB(c2cccc(CC(=O)[C@@H]3C[C@@H](F)CN3C(=O)Cn3nc(C(N)=O)c4ccccc43)c2F)OC1(C)C. The number of primary amides is 1. The lowest BCUT2D eigenvalue weighted by Gasteiger charge is -2.32. The summed E-state index contributed by atoms with van der Waals surface area (Å²) in [7, 11) is -0.950. The Bertz CT molecular complexity index is 1490. The highest BCUT2D eigenvalue weighted by Gasteiger charge is 2.52. The smallest absolute Gasteiger partial charge is 0.399 e. The molecule has 40 heavy (non-hydrogen) atoms. The Morgan fingerprint density at radius 3 is 2.42 bits per heavy atom. The van der Waals surface area contributed by atoms with Crippen molar-refractivity contribution < 1.29 is 32.5 Å². The van der Waals surface area contributed by atoms with Crippen molar-refractivity contribution in [3.8, 4) is 0 Å². The molecule has 0 radical (unpaired) electrons. The van der Waals surface area contributed by atoms with E-state index in [4.69, 9.17) is 15.0 Å². The fraction of sp³-hybridized carbons (Fsp3) is 0.429. The molecule has 2 aliphatic rings. The average Bonchev–Trinajstić information content (AvgIpc) is 3.51. The van der Waals surface area contributed by atoms with Gasteiger partial charge in [-0.3, -0.25) is 19.1 Å². The lowest BCUT2D eigenvalue weighted by Crippen LogP contribution is -2.43. The number of likely N-dealkylation sites (tertiary alicyclic amines) is 1. The molecular weight excluding hydrogens is 521 g/mol. The number of carbonyl (C=O) groups is 3. The molecule has 2 aromatic carbocycles. The van der Waals surface area contributed by atoms with Crippen molar-refractivity contribution in [3.05, 3.63) is 59.5 Å². The van der Waals surface area contributed by atoms with Crippen LogP contribution in [0.3, 0.4) is 0 Å². The number of hydrogen-bond donors (Lipinski definition) is 1. The number of ketones is 1. The Kier molecular flexibility index (Phi) is 7.04. The minimum Gasteiger partial charge on any atom is -0.399 e. The van der Waals surface area contributed by atoms with E-state index in [1.165, 1.54) is 15.6 Å². The maximum Gasteiger partial charge on any atom is 0.497 e. The number of hydrogen-bond acceptors (Lipinski definition) is 6. The highest BCUT2D eigenvalue weighted by Crippen LogP contribution is 2.37. The summed E-state index contributed by atoms with van der Waals surface area (Å²) in [6.45, 7) is 6.84. The van der Waals surface area contributed by atoms with E-state index < -0.39 is 53.9 Å². The van der Waals surface area contributed by atoms with Crippen molar-refractivity contribution in [1.82, 2.24) is 14.7 Å². The molecule has 0 aliphatic carbocycles. The second-order valence-corrected chi connectivity index (χ2v) is 11.3. The minimum atomic E-state index is -1.41. The Labute approximate surface area is 230 Å². The van der Waals surface area contributed by atoms with E-state index in [0.717, 1.165) is 0 Å². The van der Waals surface area contributed by atoms with Gasteiger partial charge in [-0.2, -0.15) is 5.10 Å². The molecule has 2 N–H and O–H groups in total. The van der Waals surface area contributed by atoms with E-state index in [0.29, 0.717) is 10.9 Å². The first kappa shape index (κ1) is 27.9. The van der Waals surface area contributed by atoms with Crippen molar-refractivity contribution in [1.29, 1.82) is 0 Å². The number of Topliss-reactive ketones (excluding diaryl/α,β-unsaturated/α-hetero) is 1. The van der Waals surface area contributed by atoms with Gasteiger partial charge in [0, 0.05) is 23.7 Å². The molecule has 12 heteroatoms. The minimum absolute atomic E-state index is 0.0122. The third-order valence-electron chi connectivity index (χ3n) is 8.10. The summed E-state index contributed by atoms with van der Waals surface area (Å²) < 4.78 is 43.4. The van der Waals surface area contributed by atoms with Crippen LogP contribution in [0.5, 0.6) is 0 Å². The Morgan fingerprint density at radius 2 is 1.75 bits per heavy atom. The predicted octanol–water partition coefficient (Wildman–Crippen LogP) is 2.32. The first-order chi connectivity index (χ1) is 18.8. The highest BCUT2D eigenvalue weighted by atomic mass is 19.1. The molecule has 3 heterocycles. The number of nitrogens with two attached hydrogens (primary N) is 1. The fourth-order valence-corrected chi connectivity index (χ4v) is 5.21.